The van der Waals surface area contributed by atoms with E-state index in [1.165, 1.54) is 0 Å². The van der Waals surface area contributed by atoms with E-state index in [-0.39, 0.29) is 11.5 Å². The maximum atomic E-state index is 5.72. The van der Waals surface area contributed by atoms with Gasteiger partial charge in [0.25, 0.3) is 0 Å². The molecule has 0 atom stereocenters. The van der Waals surface area contributed by atoms with Gasteiger partial charge in [-0.05, 0) is 13.8 Å². The van der Waals surface area contributed by atoms with E-state index in [0.717, 1.165) is 24.4 Å². The smallest absolute Gasteiger partial charge is 0.224 e. The molecule has 0 aromatic carbocycles. The molecule has 96 valence electrons. The van der Waals surface area contributed by atoms with Crippen molar-refractivity contribution in [3.63, 3.8) is 0 Å². The van der Waals surface area contributed by atoms with Crippen LogP contribution in [0.4, 0.5) is 11.8 Å². The molecule has 7 heteroatoms. The molecule has 3 N–H and O–H groups in total. The van der Waals surface area contributed by atoms with Gasteiger partial charge in [-0.15, -0.1) is 0 Å². The second-order valence-electron chi connectivity index (χ2n) is 5.04. The van der Waals surface area contributed by atoms with Crippen molar-refractivity contribution < 1.29 is 4.74 Å². The molecular weight excluding hydrogens is 232 g/mol. The molecule has 7 nitrogen and oxygen atoms in total. The SMILES string of the molecule is CC1(C)CN(c2nc(N)nc3nc[nH]c23)CCO1. The Hall–Kier alpha value is -1.89. The van der Waals surface area contributed by atoms with Crippen molar-refractivity contribution in [1.82, 2.24) is 19.9 Å². The van der Waals surface area contributed by atoms with Crippen molar-refractivity contribution in [1.29, 1.82) is 0 Å². The summed E-state index contributed by atoms with van der Waals surface area (Å²) in [6, 6.07) is 0. The number of aromatic nitrogens is 4. The molecule has 2 aromatic heterocycles. The lowest BCUT2D eigenvalue weighted by molar-refractivity contribution is -0.0278. The summed E-state index contributed by atoms with van der Waals surface area (Å²) in [7, 11) is 0. The van der Waals surface area contributed by atoms with Crippen LogP contribution in [0.25, 0.3) is 11.2 Å². The van der Waals surface area contributed by atoms with Gasteiger partial charge in [0.1, 0.15) is 5.52 Å². The number of nitrogen functional groups attached to an aromatic ring is 1. The standard InChI is InChI=1S/C11H16N6O/c1-11(2)5-17(3-4-18-11)9-7-8(14-6-13-7)15-10(12)16-9/h6H,3-5H2,1-2H3,(H3,12,13,14,15,16). The molecule has 1 aliphatic rings. The monoisotopic (exact) mass is 248 g/mol. The van der Waals surface area contributed by atoms with Crippen LogP contribution in [0.15, 0.2) is 6.33 Å². The molecule has 1 aliphatic heterocycles. The van der Waals surface area contributed by atoms with Crippen molar-refractivity contribution in [2.24, 2.45) is 0 Å². The number of H-pyrrole nitrogens is 1. The van der Waals surface area contributed by atoms with E-state index in [1.807, 2.05) is 0 Å². The van der Waals surface area contributed by atoms with Crippen LogP contribution in [0.2, 0.25) is 0 Å². The van der Waals surface area contributed by atoms with E-state index in [9.17, 15) is 0 Å². The molecule has 2 aromatic rings. The summed E-state index contributed by atoms with van der Waals surface area (Å²) in [4.78, 5) is 17.8. The average molecular weight is 248 g/mol. The van der Waals surface area contributed by atoms with Crippen LogP contribution in [-0.4, -0.2) is 45.2 Å². The van der Waals surface area contributed by atoms with Crippen molar-refractivity contribution in [3.8, 4) is 0 Å². The third kappa shape index (κ3) is 1.86. The predicted molar refractivity (Wildman–Crippen MR) is 68.3 cm³/mol. The quantitative estimate of drug-likeness (QED) is 0.765. The van der Waals surface area contributed by atoms with E-state index in [0.29, 0.717) is 12.3 Å². The number of imidazole rings is 1. The Kier molecular flexibility index (Phi) is 2.37. The van der Waals surface area contributed by atoms with Crippen LogP contribution in [0, 0.1) is 0 Å². The molecule has 0 saturated carbocycles. The Bertz CT molecular complexity index is 578. The third-order valence-corrected chi connectivity index (χ3v) is 3.01. The average Bonchev–Trinajstić information content (AvgIpc) is 2.74. The molecule has 0 bridgehead atoms. The molecule has 0 unspecified atom stereocenters. The van der Waals surface area contributed by atoms with Gasteiger partial charge in [-0.3, -0.25) is 0 Å². The fraction of sp³-hybridized carbons (Fsp3) is 0.545. The van der Waals surface area contributed by atoms with Gasteiger partial charge in [0.2, 0.25) is 5.95 Å². The maximum Gasteiger partial charge on any atom is 0.224 e. The minimum absolute atomic E-state index is 0.190. The number of aromatic amines is 1. The Morgan fingerprint density at radius 3 is 3.06 bits per heavy atom. The number of nitrogens with zero attached hydrogens (tertiary/aromatic N) is 4. The molecule has 0 spiro atoms. The summed E-state index contributed by atoms with van der Waals surface area (Å²) < 4.78 is 5.70. The first kappa shape index (κ1) is 11.2. The van der Waals surface area contributed by atoms with Crippen LogP contribution in [0.5, 0.6) is 0 Å². The zero-order valence-corrected chi connectivity index (χ0v) is 10.5. The van der Waals surface area contributed by atoms with Crippen molar-refractivity contribution >= 4 is 22.9 Å². The second kappa shape index (κ2) is 3.81. The molecule has 3 heterocycles. The van der Waals surface area contributed by atoms with Crippen LogP contribution in [0.3, 0.4) is 0 Å². The van der Waals surface area contributed by atoms with Gasteiger partial charge in [-0.1, -0.05) is 0 Å². The van der Waals surface area contributed by atoms with Gasteiger partial charge in [0.15, 0.2) is 11.5 Å². The van der Waals surface area contributed by atoms with E-state index >= 15 is 0 Å². The highest BCUT2D eigenvalue weighted by Crippen LogP contribution is 2.26. The number of nitrogens with one attached hydrogen (secondary N) is 1. The summed E-state index contributed by atoms with van der Waals surface area (Å²) in [6.45, 7) is 6.35. The Balaban J connectivity index is 2.05. The van der Waals surface area contributed by atoms with Gasteiger partial charge in [0, 0.05) is 13.1 Å². The largest absolute Gasteiger partial charge is 0.372 e. The molecule has 3 rings (SSSR count). The Morgan fingerprint density at radius 1 is 1.44 bits per heavy atom. The second-order valence-corrected chi connectivity index (χ2v) is 5.04. The number of rotatable bonds is 1. The lowest BCUT2D eigenvalue weighted by Gasteiger charge is -2.38. The summed E-state index contributed by atoms with van der Waals surface area (Å²) >= 11 is 0. The third-order valence-electron chi connectivity index (χ3n) is 3.01. The first-order chi connectivity index (χ1) is 8.55. The predicted octanol–water partition coefficient (Wildman–Crippen LogP) is 0.550. The van der Waals surface area contributed by atoms with Crippen molar-refractivity contribution in [3.05, 3.63) is 6.33 Å². The number of fused-ring (bicyclic) bond motifs is 1. The zero-order valence-electron chi connectivity index (χ0n) is 10.5. The van der Waals surface area contributed by atoms with Gasteiger partial charge in [0.05, 0.1) is 18.5 Å². The van der Waals surface area contributed by atoms with Crippen LogP contribution in [0.1, 0.15) is 13.8 Å². The lowest BCUT2D eigenvalue weighted by Crippen LogP contribution is -2.48. The van der Waals surface area contributed by atoms with Gasteiger partial charge >= 0.3 is 0 Å². The summed E-state index contributed by atoms with van der Waals surface area (Å²) in [5.41, 5.74) is 6.95. The highest BCUT2D eigenvalue weighted by molar-refractivity contribution is 5.84. The summed E-state index contributed by atoms with van der Waals surface area (Å²) in [5.74, 6) is 1.04. The van der Waals surface area contributed by atoms with Crippen molar-refractivity contribution in [2.45, 2.75) is 19.4 Å². The van der Waals surface area contributed by atoms with E-state index in [1.54, 1.807) is 6.33 Å². The van der Waals surface area contributed by atoms with Crippen LogP contribution in [-0.2, 0) is 4.74 Å². The number of ether oxygens (including phenoxy) is 1. The van der Waals surface area contributed by atoms with E-state index in [2.05, 4.69) is 38.7 Å². The molecular formula is C11H16N6O. The fourth-order valence-corrected chi connectivity index (χ4v) is 2.26. The minimum atomic E-state index is -0.190. The van der Waals surface area contributed by atoms with Gasteiger partial charge in [-0.25, -0.2) is 4.98 Å². The lowest BCUT2D eigenvalue weighted by atomic mass is 10.1. The number of hydrogen-bond acceptors (Lipinski definition) is 6. The van der Waals surface area contributed by atoms with Crippen molar-refractivity contribution in [2.75, 3.05) is 30.3 Å². The van der Waals surface area contributed by atoms with E-state index in [4.69, 9.17) is 10.5 Å². The van der Waals surface area contributed by atoms with Gasteiger partial charge < -0.3 is 20.4 Å². The topological polar surface area (TPSA) is 93.0 Å². The molecule has 0 radical (unpaired) electrons. The maximum absolute atomic E-state index is 5.72. The highest BCUT2D eigenvalue weighted by atomic mass is 16.5. The minimum Gasteiger partial charge on any atom is -0.372 e. The zero-order chi connectivity index (χ0) is 12.8. The molecule has 1 saturated heterocycles. The molecule has 0 amide bonds. The van der Waals surface area contributed by atoms with Crippen LogP contribution >= 0.6 is 0 Å². The molecule has 1 fully saturated rings. The van der Waals surface area contributed by atoms with Gasteiger partial charge in [-0.2, -0.15) is 9.97 Å². The summed E-state index contributed by atoms with van der Waals surface area (Å²) in [6.07, 6.45) is 1.61. The van der Waals surface area contributed by atoms with Crippen LogP contribution < -0.4 is 10.6 Å². The molecule has 0 aliphatic carbocycles. The first-order valence-electron chi connectivity index (χ1n) is 5.91. The molecule has 18 heavy (non-hydrogen) atoms. The normalized spacial score (nSPS) is 19.3. The fourth-order valence-electron chi connectivity index (χ4n) is 2.26. The Labute approximate surface area is 104 Å². The summed E-state index contributed by atoms with van der Waals surface area (Å²) in [5, 5.41) is 0. The number of anilines is 2. The first-order valence-corrected chi connectivity index (χ1v) is 5.91. The van der Waals surface area contributed by atoms with E-state index < -0.39 is 0 Å². The highest BCUT2D eigenvalue weighted by Gasteiger charge is 2.29. The Morgan fingerprint density at radius 2 is 2.28 bits per heavy atom. The number of nitrogens with two attached hydrogens (primary N) is 1. The number of hydrogen-bond donors (Lipinski definition) is 2. The number of morpholine rings is 1.